The lowest BCUT2D eigenvalue weighted by Crippen LogP contribution is -2.33. The number of carbonyl (C=O) groups is 1. The number of aromatic nitrogens is 1. The van der Waals surface area contributed by atoms with Crippen molar-refractivity contribution in [1.82, 2.24) is 9.29 Å². The highest BCUT2D eigenvalue weighted by atomic mass is 32.2. The van der Waals surface area contributed by atoms with Crippen molar-refractivity contribution in [3.05, 3.63) is 53.1 Å². The highest BCUT2D eigenvalue weighted by molar-refractivity contribution is 7.89. The minimum Gasteiger partial charge on any atom is -0.280 e. The number of sulfonamides is 1. The van der Waals surface area contributed by atoms with E-state index >= 15 is 0 Å². The summed E-state index contributed by atoms with van der Waals surface area (Å²) in [5, 5.41) is 0.656. The number of rotatable bonds is 10. The number of benzene rings is 1. The number of carbonyl (C=O) groups excluding carboxylic acids is 1. The summed E-state index contributed by atoms with van der Waals surface area (Å²) in [6.45, 7) is 8.94. The Morgan fingerprint density at radius 1 is 1.19 bits per heavy atom. The molecule has 0 atom stereocenters. The fourth-order valence-corrected chi connectivity index (χ4v) is 6.60. The maximum Gasteiger partial charge on any atom is 0.260 e. The lowest BCUT2D eigenvalue weighted by molar-refractivity contribution is 0.0989. The Kier molecular flexibility index (Phi) is 8.02. The highest BCUT2D eigenvalue weighted by Gasteiger charge is 2.27. The number of hydrogen-bond acceptors (Lipinski definition) is 5. The molecule has 168 valence electrons. The zero-order valence-electron chi connectivity index (χ0n) is 18.3. The molecule has 0 aliphatic heterocycles. The van der Waals surface area contributed by atoms with Gasteiger partial charge >= 0.3 is 0 Å². The predicted octanol–water partition coefficient (Wildman–Crippen LogP) is 4.67. The Balaban J connectivity index is 1.93. The number of amides is 1. The summed E-state index contributed by atoms with van der Waals surface area (Å²) >= 11 is 1.55. The molecule has 1 heterocycles. The molecule has 31 heavy (non-hydrogen) atoms. The Labute approximate surface area is 189 Å². The standard InChI is InChI=1S/C23H31N3O3S2/c1-4-14-25(15-5-2)31(28,29)19-11-9-10-18(17-19)22(27)26(16-6-3)23-24-20-12-7-8-13-21(20)30-23/h6,9-11,17H,3-5,7-8,12-16H2,1-2H3. The van der Waals surface area contributed by atoms with Gasteiger partial charge in [-0.25, -0.2) is 13.4 Å². The third-order valence-electron chi connectivity index (χ3n) is 5.29. The zero-order chi connectivity index (χ0) is 22.4. The van der Waals surface area contributed by atoms with Gasteiger partial charge < -0.3 is 0 Å². The Bertz CT molecular complexity index is 1000. The van der Waals surface area contributed by atoms with Crippen molar-refractivity contribution in [2.24, 2.45) is 0 Å². The highest BCUT2D eigenvalue weighted by Crippen LogP contribution is 2.32. The third kappa shape index (κ3) is 5.25. The van der Waals surface area contributed by atoms with E-state index in [9.17, 15) is 13.2 Å². The van der Waals surface area contributed by atoms with Gasteiger partial charge in [0.1, 0.15) is 0 Å². The van der Waals surface area contributed by atoms with Crippen LogP contribution in [-0.2, 0) is 22.9 Å². The fraction of sp³-hybridized carbons (Fsp3) is 0.478. The molecule has 0 saturated carbocycles. The van der Waals surface area contributed by atoms with Crippen LogP contribution in [0, 0.1) is 0 Å². The van der Waals surface area contributed by atoms with Crippen LogP contribution in [0.3, 0.4) is 0 Å². The van der Waals surface area contributed by atoms with Crippen LogP contribution < -0.4 is 4.90 Å². The summed E-state index contributed by atoms with van der Waals surface area (Å²) < 4.78 is 27.8. The Morgan fingerprint density at radius 3 is 2.55 bits per heavy atom. The molecule has 1 aromatic heterocycles. The van der Waals surface area contributed by atoms with E-state index < -0.39 is 10.0 Å². The minimum absolute atomic E-state index is 0.150. The first-order valence-corrected chi connectivity index (χ1v) is 13.2. The molecular weight excluding hydrogens is 430 g/mol. The summed E-state index contributed by atoms with van der Waals surface area (Å²) in [6, 6.07) is 6.34. The molecular formula is C23H31N3O3S2. The van der Waals surface area contributed by atoms with Crippen molar-refractivity contribution in [2.45, 2.75) is 57.3 Å². The molecule has 6 nitrogen and oxygen atoms in total. The average molecular weight is 462 g/mol. The van der Waals surface area contributed by atoms with Crippen molar-refractivity contribution >= 4 is 32.4 Å². The molecule has 1 aliphatic carbocycles. The molecule has 0 spiro atoms. The maximum absolute atomic E-state index is 13.4. The molecule has 1 amide bonds. The monoisotopic (exact) mass is 461 g/mol. The average Bonchev–Trinajstić information content (AvgIpc) is 3.21. The molecule has 1 aromatic carbocycles. The summed E-state index contributed by atoms with van der Waals surface area (Å²) in [5.41, 5.74) is 1.42. The second-order valence-corrected chi connectivity index (χ2v) is 10.7. The van der Waals surface area contributed by atoms with Gasteiger partial charge in [-0.05, 0) is 56.7 Å². The van der Waals surface area contributed by atoms with Crippen LogP contribution in [0.5, 0.6) is 0 Å². The molecule has 0 N–H and O–H groups in total. The first-order valence-electron chi connectivity index (χ1n) is 10.9. The van der Waals surface area contributed by atoms with E-state index in [-0.39, 0.29) is 10.8 Å². The number of anilines is 1. The van der Waals surface area contributed by atoms with E-state index in [0.717, 1.165) is 44.2 Å². The van der Waals surface area contributed by atoms with Gasteiger partial charge in [0.05, 0.1) is 10.6 Å². The fourth-order valence-electron chi connectivity index (χ4n) is 3.78. The van der Waals surface area contributed by atoms with Crippen LogP contribution in [0.1, 0.15) is 60.5 Å². The van der Waals surface area contributed by atoms with Crippen molar-refractivity contribution < 1.29 is 13.2 Å². The van der Waals surface area contributed by atoms with Crippen molar-refractivity contribution in [2.75, 3.05) is 24.5 Å². The van der Waals surface area contributed by atoms with E-state index in [4.69, 9.17) is 4.98 Å². The maximum atomic E-state index is 13.4. The molecule has 3 rings (SSSR count). The number of fused-ring (bicyclic) bond motifs is 1. The molecule has 0 fully saturated rings. The lowest BCUT2D eigenvalue weighted by Gasteiger charge is -2.22. The van der Waals surface area contributed by atoms with Crippen LogP contribution in [0.2, 0.25) is 0 Å². The van der Waals surface area contributed by atoms with Crippen LogP contribution in [-0.4, -0.2) is 43.2 Å². The van der Waals surface area contributed by atoms with E-state index in [0.29, 0.717) is 30.3 Å². The predicted molar refractivity (Wildman–Crippen MR) is 126 cm³/mol. The summed E-state index contributed by atoms with van der Waals surface area (Å²) in [7, 11) is -3.66. The number of nitrogens with zero attached hydrogens (tertiary/aromatic N) is 3. The zero-order valence-corrected chi connectivity index (χ0v) is 20.0. The quantitative estimate of drug-likeness (QED) is 0.482. The van der Waals surface area contributed by atoms with Crippen LogP contribution in [0.15, 0.2) is 41.8 Å². The lowest BCUT2D eigenvalue weighted by atomic mass is 10.0. The van der Waals surface area contributed by atoms with E-state index in [1.165, 1.54) is 15.2 Å². The number of aryl methyl sites for hydroxylation is 2. The SMILES string of the molecule is C=CCN(C(=O)c1cccc(S(=O)(=O)N(CCC)CCC)c1)c1nc2c(s1)CCCC2. The first kappa shape index (κ1) is 23.6. The van der Waals surface area contributed by atoms with Crippen LogP contribution in [0.4, 0.5) is 5.13 Å². The molecule has 0 saturated heterocycles. The van der Waals surface area contributed by atoms with Gasteiger partial charge in [0.2, 0.25) is 10.0 Å². The van der Waals surface area contributed by atoms with Crippen LogP contribution >= 0.6 is 11.3 Å². The molecule has 0 unspecified atom stereocenters. The van der Waals surface area contributed by atoms with Crippen molar-refractivity contribution in [1.29, 1.82) is 0 Å². The number of hydrogen-bond donors (Lipinski definition) is 0. The topological polar surface area (TPSA) is 70.6 Å². The summed E-state index contributed by atoms with van der Waals surface area (Å²) in [4.78, 5) is 21.1. The molecule has 1 aliphatic rings. The van der Waals surface area contributed by atoms with Gasteiger partial charge in [-0.15, -0.1) is 17.9 Å². The van der Waals surface area contributed by atoms with Gasteiger partial charge in [0.15, 0.2) is 5.13 Å². The van der Waals surface area contributed by atoms with Gasteiger partial charge in [-0.2, -0.15) is 4.31 Å². The molecule has 0 radical (unpaired) electrons. The normalized spacial score (nSPS) is 13.8. The molecule has 2 aromatic rings. The summed E-state index contributed by atoms with van der Waals surface area (Å²) in [6.07, 6.45) is 7.36. The number of thiazole rings is 1. The summed E-state index contributed by atoms with van der Waals surface area (Å²) in [5.74, 6) is -0.263. The van der Waals surface area contributed by atoms with E-state index in [2.05, 4.69) is 6.58 Å². The first-order chi connectivity index (χ1) is 14.9. The van der Waals surface area contributed by atoms with Crippen molar-refractivity contribution in [3.8, 4) is 0 Å². The largest absolute Gasteiger partial charge is 0.280 e. The Morgan fingerprint density at radius 2 is 1.90 bits per heavy atom. The van der Waals surface area contributed by atoms with Gasteiger partial charge in [0.25, 0.3) is 5.91 Å². The Hall–Kier alpha value is -2.03. The van der Waals surface area contributed by atoms with Gasteiger partial charge in [0, 0.05) is 30.1 Å². The second kappa shape index (κ2) is 10.5. The van der Waals surface area contributed by atoms with E-state index in [1.54, 1.807) is 40.5 Å². The third-order valence-corrected chi connectivity index (χ3v) is 8.36. The minimum atomic E-state index is -3.66. The molecule has 0 bridgehead atoms. The second-order valence-electron chi connectivity index (χ2n) is 7.71. The van der Waals surface area contributed by atoms with Crippen molar-refractivity contribution in [3.63, 3.8) is 0 Å². The molecule has 8 heteroatoms. The van der Waals surface area contributed by atoms with E-state index in [1.807, 2.05) is 13.8 Å². The van der Waals surface area contributed by atoms with Crippen LogP contribution in [0.25, 0.3) is 0 Å². The van der Waals surface area contributed by atoms with Gasteiger partial charge in [-0.3, -0.25) is 9.69 Å². The smallest absolute Gasteiger partial charge is 0.260 e. The van der Waals surface area contributed by atoms with Gasteiger partial charge in [-0.1, -0.05) is 26.0 Å².